The van der Waals surface area contributed by atoms with Crippen LogP contribution in [0.15, 0.2) is 10.5 Å². The van der Waals surface area contributed by atoms with Gasteiger partial charge in [0.15, 0.2) is 5.22 Å². The van der Waals surface area contributed by atoms with E-state index in [1.807, 2.05) is 6.07 Å². The number of halogens is 1. The second kappa shape index (κ2) is 3.59. The Morgan fingerprint density at radius 2 is 2.43 bits per heavy atom. The molecule has 3 heteroatoms. The van der Waals surface area contributed by atoms with Crippen molar-refractivity contribution in [2.45, 2.75) is 26.2 Å². The second-order valence-electron chi connectivity index (χ2n) is 4.36. The van der Waals surface area contributed by atoms with Crippen molar-refractivity contribution in [3.63, 3.8) is 0 Å². The monoisotopic (exact) mass is 213 g/mol. The number of furan rings is 1. The fraction of sp³-hybridized carbons (Fsp3) is 0.636. The van der Waals surface area contributed by atoms with Gasteiger partial charge in [-0.1, -0.05) is 13.8 Å². The summed E-state index contributed by atoms with van der Waals surface area (Å²) in [6.45, 7) is 5.12. The molecule has 0 aliphatic heterocycles. The minimum atomic E-state index is 0.447. The first-order valence-corrected chi connectivity index (χ1v) is 5.49. The summed E-state index contributed by atoms with van der Waals surface area (Å²) < 4.78 is 5.54. The summed E-state index contributed by atoms with van der Waals surface area (Å²) in [5, 5.41) is 0.510. The average Bonchev–Trinajstić information content (AvgIpc) is 2.58. The summed E-state index contributed by atoms with van der Waals surface area (Å²) >= 11 is 5.84. The third-order valence-corrected chi connectivity index (χ3v) is 3.44. The summed E-state index contributed by atoms with van der Waals surface area (Å²) in [7, 11) is 0. The maximum atomic E-state index is 5.84. The molecule has 0 amide bonds. The Morgan fingerprint density at radius 3 is 3.07 bits per heavy atom. The van der Waals surface area contributed by atoms with Crippen molar-refractivity contribution in [3.05, 3.63) is 22.6 Å². The van der Waals surface area contributed by atoms with Gasteiger partial charge < -0.3 is 10.2 Å². The van der Waals surface area contributed by atoms with E-state index in [0.717, 1.165) is 12.2 Å². The predicted octanol–water partition coefficient (Wildman–Crippen LogP) is 2.80. The number of fused-ring (bicyclic) bond motifs is 1. The maximum absolute atomic E-state index is 5.84. The molecule has 2 nitrogen and oxygen atoms in total. The van der Waals surface area contributed by atoms with Crippen molar-refractivity contribution in [2.24, 2.45) is 17.6 Å². The lowest BCUT2D eigenvalue weighted by Crippen LogP contribution is -2.21. The highest BCUT2D eigenvalue weighted by molar-refractivity contribution is 6.28. The topological polar surface area (TPSA) is 39.2 Å². The third-order valence-electron chi connectivity index (χ3n) is 3.25. The third kappa shape index (κ3) is 1.47. The predicted molar refractivity (Wildman–Crippen MR) is 57.5 cm³/mol. The average molecular weight is 214 g/mol. The van der Waals surface area contributed by atoms with Gasteiger partial charge in [-0.05, 0) is 48.0 Å². The van der Waals surface area contributed by atoms with Crippen molar-refractivity contribution in [3.8, 4) is 0 Å². The quantitative estimate of drug-likeness (QED) is 0.821. The van der Waals surface area contributed by atoms with E-state index in [2.05, 4.69) is 13.8 Å². The lowest BCUT2D eigenvalue weighted by atomic mass is 9.86. The van der Waals surface area contributed by atoms with Crippen molar-refractivity contribution in [2.75, 3.05) is 6.54 Å². The summed E-state index contributed by atoms with van der Waals surface area (Å²) in [5.74, 6) is 2.61. The molecule has 14 heavy (non-hydrogen) atoms. The molecule has 0 spiro atoms. The highest BCUT2D eigenvalue weighted by Crippen LogP contribution is 2.44. The molecular formula is C11H16ClNO. The van der Waals surface area contributed by atoms with Crippen LogP contribution >= 0.6 is 11.6 Å². The van der Waals surface area contributed by atoms with Crippen LogP contribution in [0.2, 0.25) is 5.22 Å². The molecule has 0 saturated carbocycles. The fourth-order valence-electron chi connectivity index (χ4n) is 2.55. The molecule has 0 fully saturated rings. The van der Waals surface area contributed by atoms with E-state index in [-0.39, 0.29) is 0 Å². The van der Waals surface area contributed by atoms with Crippen LogP contribution in [0, 0.1) is 11.8 Å². The van der Waals surface area contributed by atoms with Crippen LogP contribution in [-0.2, 0) is 6.42 Å². The van der Waals surface area contributed by atoms with Crippen molar-refractivity contribution < 1.29 is 4.42 Å². The minimum absolute atomic E-state index is 0.447. The zero-order valence-corrected chi connectivity index (χ0v) is 9.34. The van der Waals surface area contributed by atoms with Gasteiger partial charge >= 0.3 is 0 Å². The highest BCUT2D eigenvalue weighted by atomic mass is 35.5. The van der Waals surface area contributed by atoms with Crippen LogP contribution in [-0.4, -0.2) is 6.54 Å². The lowest BCUT2D eigenvalue weighted by Gasteiger charge is -2.21. The molecule has 3 unspecified atom stereocenters. The number of hydrogen-bond acceptors (Lipinski definition) is 2. The van der Waals surface area contributed by atoms with Crippen LogP contribution in [0.3, 0.4) is 0 Å². The standard InChI is InChI=1S/C11H16ClNO/c1-6-3-8-4-9(12)14-11(8)10(6)7(2)5-13/h4,6-7,10H,3,5,13H2,1-2H3. The summed E-state index contributed by atoms with van der Waals surface area (Å²) in [4.78, 5) is 0. The Balaban J connectivity index is 2.32. The van der Waals surface area contributed by atoms with Gasteiger partial charge in [0.1, 0.15) is 5.76 Å². The highest BCUT2D eigenvalue weighted by Gasteiger charge is 2.36. The number of rotatable bonds is 2. The van der Waals surface area contributed by atoms with Crippen molar-refractivity contribution in [1.82, 2.24) is 0 Å². The van der Waals surface area contributed by atoms with Gasteiger partial charge in [-0.25, -0.2) is 0 Å². The van der Waals surface area contributed by atoms with Gasteiger partial charge in [0.25, 0.3) is 0 Å². The Bertz CT molecular complexity index is 334. The molecule has 1 aromatic heterocycles. The molecule has 1 aliphatic rings. The maximum Gasteiger partial charge on any atom is 0.193 e. The largest absolute Gasteiger partial charge is 0.449 e. The van der Waals surface area contributed by atoms with Gasteiger partial charge in [-0.15, -0.1) is 0 Å². The molecule has 78 valence electrons. The first-order valence-electron chi connectivity index (χ1n) is 5.11. The van der Waals surface area contributed by atoms with E-state index in [1.165, 1.54) is 5.56 Å². The summed E-state index contributed by atoms with van der Waals surface area (Å²) in [6, 6.07) is 1.94. The summed E-state index contributed by atoms with van der Waals surface area (Å²) in [5.41, 5.74) is 6.97. The van der Waals surface area contributed by atoms with Crippen LogP contribution in [0.1, 0.15) is 31.1 Å². The molecular weight excluding hydrogens is 198 g/mol. The van der Waals surface area contributed by atoms with Gasteiger partial charge in [-0.2, -0.15) is 0 Å². The molecule has 1 aliphatic carbocycles. The smallest absolute Gasteiger partial charge is 0.193 e. The molecule has 0 aromatic carbocycles. The number of hydrogen-bond donors (Lipinski definition) is 1. The molecule has 2 N–H and O–H groups in total. The summed E-state index contributed by atoms with van der Waals surface area (Å²) in [6.07, 6.45) is 1.07. The molecule has 0 bridgehead atoms. The first kappa shape index (κ1) is 10.1. The van der Waals surface area contributed by atoms with E-state index >= 15 is 0 Å². The fourth-order valence-corrected chi connectivity index (χ4v) is 2.76. The minimum Gasteiger partial charge on any atom is -0.449 e. The Labute approximate surface area is 89.4 Å². The second-order valence-corrected chi connectivity index (χ2v) is 4.73. The van der Waals surface area contributed by atoms with Gasteiger partial charge in [0.2, 0.25) is 0 Å². The van der Waals surface area contributed by atoms with Crippen LogP contribution in [0.5, 0.6) is 0 Å². The zero-order valence-electron chi connectivity index (χ0n) is 8.59. The molecule has 2 rings (SSSR count). The van der Waals surface area contributed by atoms with E-state index in [9.17, 15) is 0 Å². The van der Waals surface area contributed by atoms with E-state index in [1.54, 1.807) is 0 Å². The van der Waals surface area contributed by atoms with Crippen molar-refractivity contribution in [1.29, 1.82) is 0 Å². The van der Waals surface area contributed by atoms with Crippen LogP contribution < -0.4 is 5.73 Å². The van der Waals surface area contributed by atoms with Crippen LogP contribution in [0.4, 0.5) is 0 Å². The Kier molecular flexibility index (Phi) is 2.58. The number of nitrogens with two attached hydrogens (primary N) is 1. The van der Waals surface area contributed by atoms with Gasteiger partial charge in [0, 0.05) is 5.92 Å². The van der Waals surface area contributed by atoms with E-state index in [4.69, 9.17) is 21.8 Å². The molecule has 0 saturated heterocycles. The van der Waals surface area contributed by atoms with E-state index in [0.29, 0.717) is 29.5 Å². The van der Waals surface area contributed by atoms with Crippen LogP contribution in [0.25, 0.3) is 0 Å². The lowest BCUT2D eigenvalue weighted by molar-refractivity contribution is 0.326. The zero-order chi connectivity index (χ0) is 10.3. The van der Waals surface area contributed by atoms with Gasteiger partial charge in [-0.3, -0.25) is 0 Å². The van der Waals surface area contributed by atoms with Crippen molar-refractivity contribution >= 4 is 11.6 Å². The molecule has 3 atom stereocenters. The Morgan fingerprint density at radius 1 is 1.71 bits per heavy atom. The Hall–Kier alpha value is -0.470. The first-order chi connectivity index (χ1) is 6.63. The normalized spacial score (nSPS) is 27.7. The molecule has 1 aromatic rings. The SMILES string of the molecule is CC(CN)C1c2oc(Cl)cc2CC1C. The van der Waals surface area contributed by atoms with Gasteiger partial charge in [0.05, 0.1) is 0 Å². The molecule has 0 radical (unpaired) electrons. The van der Waals surface area contributed by atoms with E-state index < -0.39 is 0 Å². The molecule has 1 heterocycles.